The molecular formula is C18H19N5O2. The maximum atomic E-state index is 10.7. The summed E-state index contributed by atoms with van der Waals surface area (Å²) in [6, 6.07) is 5.96. The first-order chi connectivity index (χ1) is 12.0. The molecule has 7 nitrogen and oxygen atoms in total. The van der Waals surface area contributed by atoms with Gasteiger partial charge in [-0.05, 0) is 42.2 Å². The summed E-state index contributed by atoms with van der Waals surface area (Å²) < 4.78 is 5.30. The first kappa shape index (κ1) is 16.6. The van der Waals surface area contributed by atoms with Crippen LogP contribution in [-0.2, 0) is 17.6 Å². The van der Waals surface area contributed by atoms with Gasteiger partial charge in [-0.15, -0.1) is 0 Å². The van der Waals surface area contributed by atoms with Gasteiger partial charge in [0.05, 0.1) is 18.4 Å². The van der Waals surface area contributed by atoms with E-state index in [2.05, 4.69) is 21.6 Å². The quantitative estimate of drug-likeness (QED) is 0.293. The van der Waals surface area contributed by atoms with Crippen LogP contribution >= 0.6 is 0 Å². The molecule has 0 bridgehead atoms. The van der Waals surface area contributed by atoms with E-state index >= 15 is 0 Å². The molecule has 1 aliphatic carbocycles. The van der Waals surface area contributed by atoms with Crippen molar-refractivity contribution >= 4 is 18.1 Å². The van der Waals surface area contributed by atoms with Crippen LogP contribution in [-0.4, -0.2) is 36.2 Å². The second-order valence-corrected chi connectivity index (χ2v) is 5.72. The number of carbonyl (C=O) groups excluding carboxylic acids is 1. The normalized spacial score (nSPS) is 12.8. The van der Waals surface area contributed by atoms with Crippen LogP contribution in [0.3, 0.4) is 0 Å². The smallest absolute Gasteiger partial charge is 0.246 e. The van der Waals surface area contributed by atoms with Gasteiger partial charge in [-0.2, -0.15) is 5.10 Å². The van der Waals surface area contributed by atoms with Crippen molar-refractivity contribution in [2.24, 2.45) is 10.8 Å². The molecule has 3 rings (SSSR count). The summed E-state index contributed by atoms with van der Waals surface area (Å²) in [4.78, 5) is 19.7. The molecule has 2 aromatic rings. The highest BCUT2D eigenvalue weighted by molar-refractivity contribution is 6.12. The van der Waals surface area contributed by atoms with Crippen molar-refractivity contribution in [2.45, 2.75) is 12.8 Å². The van der Waals surface area contributed by atoms with Gasteiger partial charge in [0, 0.05) is 18.8 Å². The summed E-state index contributed by atoms with van der Waals surface area (Å²) in [6.45, 7) is 3.53. The summed E-state index contributed by atoms with van der Waals surface area (Å²) in [5.74, 6) is 1.26. The number of ether oxygens (including phenoxy) is 1. The van der Waals surface area contributed by atoms with E-state index in [1.54, 1.807) is 14.2 Å². The molecular weight excluding hydrogens is 318 g/mol. The van der Waals surface area contributed by atoms with E-state index in [0.29, 0.717) is 12.2 Å². The third-order valence-corrected chi connectivity index (χ3v) is 4.10. The van der Waals surface area contributed by atoms with Crippen LogP contribution in [0.25, 0.3) is 11.3 Å². The predicted octanol–water partition coefficient (Wildman–Crippen LogP) is 1.71. The predicted molar refractivity (Wildman–Crippen MR) is 96.7 cm³/mol. The Kier molecular flexibility index (Phi) is 4.47. The fourth-order valence-corrected chi connectivity index (χ4v) is 2.70. The van der Waals surface area contributed by atoms with Gasteiger partial charge in [-0.1, -0.05) is 6.58 Å². The monoisotopic (exact) mass is 337 g/mol. The number of fused-ring (bicyclic) bond motifs is 3. The second kappa shape index (κ2) is 6.72. The molecule has 0 atom stereocenters. The van der Waals surface area contributed by atoms with Gasteiger partial charge < -0.3 is 10.5 Å². The van der Waals surface area contributed by atoms with Gasteiger partial charge in [0.25, 0.3) is 0 Å². The average Bonchev–Trinajstić information content (AvgIpc) is 2.65. The summed E-state index contributed by atoms with van der Waals surface area (Å²) in [6.07, 6.45) is 4.15. The molecule has 1 heterocycles. The Balaban J connectivity index is 1.99. The third kappa shape index (κ3) is 3.21. The molecule has 0 saturated carbocycles. The number of aromatic nitrogens is 2. The zero-order valence-corrected chi connectivity index (χ0v) is 14.2. The van der Waals surface area contributed by atoms with Gasteiger partial charge >= 0.3 is 0 Å². The Hall–Kier alpha value is -3.22. The number of hydrazone groups is 1. The molecule has 1 aliphatic rings. The van der Waals surface area contributed by atoms with Crippen LogP contribution in [0.1, 0.15) is 11.1 Å². The van der Waals surface area contributed by atoms with E-state index in [1.807, 2.05) is 24.4 Å². The summed E-state index contributed by atoms with van der Waals surface area (Å²) >= 11 is 0. The number of rotatable bonds is 5. The van der Waals surface area contributed by atoms with E-state index in [0.717, 1.165) is 35.4 Å². The largest absolute Gasteiger partial charge is 0.497 e. The first-order valence-corrected chi connectivity index (χ1v) is 7.79. The summed E-state index contributed by atoms with van der Waals surface area (Å²) in [5, 5.41) is 5.53. The van der Waals surface area contributed by atoms with Crippen LogP contribution in [0.4, 0.5) is 5.95 Å². The van der Waals surface area contributed by atoms with Gasteiger partial charge in [0.2, 0.25) is 5.95 Å². The molecule has 7 heteroatoms. The number of nitrogens with two attached hydrogens (primary N) is 1. The number of aldehydes is 1. The highest BCUT2D eigenvalue weighted by atomic mass is 16.5. The molecule has 0 spiro atoms. The van der Waals surface area contributed by atoms with Gasteiger partial charge in [0.1, 0.15) is 5.75 Å². The van der Waals surface area contributed by atoms with Crippen LogP contribution < -0.4 is 15.5 Å². The van der Waals surface area contributed by atoms with E-state index in [-0.39, 0.29) is 11.4 Å². The Morgan fingerprint density at radius 3 is 2.88 bits per heavy atom. The topological polar surface area (TPSA) is 93.7 Å². The fourth-order valence-electron chi connectivity index (χ4n) is 2.70. The van der Waals surface area contributed by atoms with Crippen molar-refractivity contribution in [2.75, 3.05) is 19.2 Å². The van der Waals surface area contributed by atoms with E-state index in [9.17, 15) is 4.79 Å². The number of aryl methyl sites for hydroxylation is 2. The Morgan fingerprint density at radius 1 is 1.40 bits per heavy atom. The van der Waals surface area contributed by atoms with Gasteiger partial charge in [-0.3, -0.25) is 4.79 Å². The Labute approximate surface area is 145 Å². The van der Waals surface area contributed by atoms with Gasteiger partial charge in [0.15, 0.2) is 12.1 Å². The SMILES string of the molecule is C=C(C=O)/C(N)=N\N(C)c1ncc2c(n1)-c1ccc(OC)cc1CC2. The van der Waals surface area contributed by atoms with E-state index in [4.69, 9.17) is 10.5 Å². The maximum absolute atomic E-state index is 10.7. The highest BCUT2D eigenvalue weighted by Crippen LogP contribution is 2.34. The minimum atomic E-state index is 0.0314. The molecule has 1 aromatic carbocycles. The molecule has 25 heavy (non-hydrogen) atoms. The van der Waals surface area contributed by atoms with Crippen LogP contribution in [0.5, 0.6) is 5.75 Å². The molecule has 0 aliphatic heterocycles. The number of amidine groups is 1. The molecule has 1 aromatic heterocycles. The van der Waals surface area contributed by atoms with Crippen molar-refractivity contribution in [3.63, 3.8) is 0 Å². The summed E-state index contributed by atoms with van der Waals surface area (Å²) in [7, 11) is 3.33. The number of hydrogen-bond acceptors (Lipinski definition) is 6. The lowest BCUT2D eigenvalue weighted by molar-refractivity contribution is -0.104. The molecule has 0 saturated heterocycles. The number of anilines is 1. The van der Waals surface area contributed by atoms with Crippen molar-refractivity contribution < 1.29 is 9.53 Å². The number of benzene rings is 1. The molecule has 0 unspecified atom stereocenters. The maximum Gasteiger partial charge on any atom is 0.246 e. The molecule has 2 N–H and O–H groups in total. The van der Waals surface area contributed by atoms with Crippen molar-refractivity contribution in [1.29, 1.82) is 0 Å². The van der Waals surface area contributed by atoms with Crippen molar-refractivity contribution in [3.05, 3.63) is 47.7 Å². The average molecular weight is 337 g/mol. The third-order valence-electron chi connectivity index (χ3n) is 4.10. The molecule has 0 amide bonds. The van der Waals surface area contributed by atoms with E-state index < -0.39 is 0 Å². The molecule has 128 valence electrons. The van der Waals surface area contributed by atoms with Crippen LogP contribution in [0.2, 0.25) is 0 Å². The highest BCUT2D eigenvalue weighted by Gasteiger charge is 2.20. The van der Waals surface area contributed by atoms with Crippen LogP contribution in [0.15, 0.2) is 41.6 Å². The lowest BCUT2D eigenvalue weighted by Gasteiger charge is -2.21. The first-order valence-electron chi connectivity index (χ1n) is 7.79. The fraction of sp³-hybridized carbons (Fsp3) is 0.222. The summed E-state index contributed by atoms with van der Waals surface area (Å²) in [5.41, 5.74) is 10.1. The van der Waals surface area contributed by atoms with Crippen molar-refractivity contribution in [1.82, 2.24) is 9.97 Å². The Morgan fingerprint density at radius 2 is 2.16 bits per heavy atom. The zero-order valence-electron chi connectivity index (χ0n) is 14.2. The minimum Gasteiger partial charge on any atom is -0.497 e. The second-order valence-electron chi connectivity index (χ2n) is 5.72. The van der Waals surface area contributed by atoms with Crippen LogP contribution in [0, 0.1) is 0 Å². The number of methoxy groups -OCH3 is 1. The number of nitrogens with zero attached hydrogens (tertiary/aromatic N) is 4. The minimum absolute atomic E-state index is 0.0314. The van der Waals surface area contributed by atoms with E-state index in [1.165, 1.54) is 10.6 Å². The van der Waals surface area contributed by atoms with Crippen molar-refractivity contribution in [3.8, 4) is 17.0 Å². The lowest BCUT2D eigenvalue weighted by Crippen LogP contribution is -2.23. The Bertz CT molecular complexity index is 876. The van der Waals surface area contributed by atoms with Gasteiger partial charge in [-0.25, -0.2) is 15.0 Å². The number of hydrogen-bond donors (Lipinski definition) is 1. The number of carbonyl (C=O) groups is 1. The standard InChI is InChI=1S/C18H19N5O2/c1-11(10-24)17(19)22-23(2)18-20-9-13-5-4-12-8-14(25-3)6-7-15(12)16(13)21-18/h6-10H,1,4-5H2,2-3H3,(H2,19,22). The lowest BCUT2D eigenvalue weighted by atomic mass is 9.90. The molecule has 0 radical (unpaired) electrons. The zero-order chi connectivity index (χ0) is 18.0. The molecule has 0 fully saturated rings.